The van der Waals surface area contributed by atoms with Crippen LogP contribution in [-0.2, 0) is 7.05 Å². The molecule has 1 N–H and O–H groups in total. The Hall–Kier alpha value is -0.560. The van der Waals surface area contributed by atoms with Gasteiger partial charge in [-0.2, -0.15) is 4.98 Å². The van der Waals surface area contributed by atoms with E-state index in [0.29, 0.717) is 10.7 Å². The standard InChI is InChI=1S/C7H5ClIN3O/c1-12-5-4(9)3(8)2-10-6(5)11-7(12)13/h2H,1H3,(H,10,11,13). The van der Waals surface area contributed by atoms with E-state index in [9.17, 15) is 5.11 Å². The smallest absolute Gasteiger partial charge is 0.296 e. The number of fused-ring (bicyclic) bond motifs is 1. The number of rotatable bonds is 0. The molecule has 2 rings (SSSR count). The Balaban J connectivity index is 2.97. The molecule has 2 aromatic heterocycles. The molecule has 0 saturated carbocycles. The monoisotopic (exact) mass is 309 g/mol. The highest BCUT2D eigenvalue weighted by Crippen LogP contribution is 2.27. The summed E-state index contributed by atoms with van der Waals surface area (Å²) in [4.78, 5) is 7.85. The van der Waals surface area contributed by atoms with E-state index in [1.54, 1.807) is 11.6 Å². The molecule has 0 atom stereocenters. The number of aryl methyl sites for hydroxylation is 1. The van der Waals surface area contributed by atoms with Crippen LogP contribution >= 0.6 is 34.2 Å². The summed E-state index contributed by atoms with van der Waals surface area (Å²) in [5.41, 5.74) is 1.26. The summed E-state index contributed by atoms with van der Waals surface area (Å²) in [7, 11) is 1.71. The van der Waals surface area contributed by atoms with Crippen LogP contribution in [-0.4, -0.2) is 19.6 Å². The molecular weight excluding hydrogens is 304 g/mol. The Labute approximate surface area is 92.7 Å². The van der Waals surface area contributed by atoms with Gasteiger partial charge in [0.25, 0.3) is 6.01 Å². The minimum Gasteiger partial charge on any atom is -0.480 e. The topological polar surface area (TPSA) is 50.9 Å². The maximum Gasteiger partial charge on any atom is 0.296 e. The molecule has 68 valence electrons. The minimum absolute atomic E-state index is 0.0531. The zero-order valence-corrected chi connectivity index (χ0v) is 9.54. The van der Waals surface area contributed by atoms with E-state index in [1.165, 1.54) is 6.20 Å². The highest BCUT2D eigenvalue weighted by molar-refractivity contribution is 14.1. The van der Waals surface area contributed by atoms with Crippen LogP contribution < -0.4 is 0 Å². The third-order valence-corrected chi connectivity index (χ3v) is 3.47. The highest BCUT2D eigenvalue weighted by Gasteiger charge is 2.12. The second-order valence-corrected chi connectivity index (χ2v) is 4.05. The predicted octanol–water partition coefficient (Wildman–Crippen LogP) is 1.93. The third-order valence-electron chi connectivity index (χ3n) is 1.77. The first-order chi connectivity index (χ1) is 6.11. The fraction of sp³-hybridized carbons (Fsp3) is 0.143. The zero-order chi connectivity index (χ0) is 9.59. The fourth-order valence-electron chi connectivity index (χ4n) is 1.10. The van der Waals surface area contributed by atoms with E-state index in [-0.39, 0.29) is 6.01 Å². The van der Waals surface area contributed by atoms with Gasteiger partial charge in [0.1, 0.15) is 5.52 Å². The maximum absolute atomic E-state index is 9.32. The zero-order valence-electron chi connectivity index (χ0n) is 6.62. The van der Waals surface area contributed by atoms with Crippen LogP contribution in [0.5, 0.6) is 6.01 Å². The first-order valence-corrected chi connectivity index (χ1v) is 4.92. The van der Waals surface area contributed by atoms with Crippen molar-refractivity contribution in [3.8, 4) is 6.01 Å². The normalized spacial score (nSPS) is 11.0. The first kappa shape index (κ1) is 9.01. The van der Waals surface area contributed by atoms with Gasteiger partial charge in [-0.25, -0.2) is 4.98 Å². The molecule has 0 unspecified atom stereocenters. The molecule has 2 aromatic rings. The molecule has 0 aliphatic rings. The van der Waals surface area contributed by atoms with Crippen molar-refractivity contribution in [2.75, 3.05) is 0 Å². The summed E-state index contributed by atoms with van der Waals surface area (Å²) < 4.78 is 2.40. The lowest BCUT2D eigenvalue weighted by atomic mass is 10.4. The van der Waals surface area contributed by atoms with E-state index >= 15 is 0 Å². The molecule has 0 amide bonds. The average Bonchev–Trinajstić information content (AvgIpc) is 2.37. The summed E-state index contributed by atoms with van der Waals surface area (Å²) in [5, 5.41) is 9.89. The average molecular weight is 309 g/mol. The molecule has 0 spiro atoms. The van der Waals surface area contributed by atoms with Crippen LogP contribution in [0.4, 0.5) is 0 Å². The van der Waals surface area contributed by atoms with Crippen molar-refractivity contribution in [1.82, 2.24) is 14.5 Å². The molecule has 0 saturated heterocycles. The van der Waals surface area contributed by atoms with E-state index in [0.717, 1.165) is 9.09 Å². The number of imidazole rings is 1. The molecule has 4 nitrogen and oxygen atoms in total. The number of pyridine rings is 1. The Morgan fingerprint density at radius 2 is 2.31 bits per heavy atom. The molecule has 0 bridgehead atoms. The van der Waals surface area contributed by atoms with Crippen LogP contribution in [0.25, 0.3) is 11.2 Å². The molecule has 0 fully saturated rings. The molecule has 2 heterocycles. The maximum atomic E-state index is 9.32. The molecule has 13 heavy (non-hydrogen) atoms. The number of aromatic hydroxyl groups is 1. The Morgan fingerprint density at radius 3 is 3.00 bits per heavy atom. The largest absolute Gasteiger partial charge is 0.480 e. The summed E-state index contributed by atoms with van der Waals surface area (Å²) in [5.74, 6) is 0. The second-order valence-electron chi connectivity index (χ2n) is 2.56. The Morgan fingerprint density at radius 1 is 1.62 bits per heavy atom. The Bertz CT molecular complexity index is 482. The first-order valence-electron chi connectivity index (χ1n) is 3.46. The van der Waals surface area contributed by atoms with Crippen LogP contribution in [0.2, 0.25) is 5.02 Å². The van der Waals surface area contributed by atoms with Gasteiger partial charge in [-0.15, -0.1) is 0 Å². The summed E-state index contributed by atoms with van der Waals surface area (Å²) in [6.07, 6.45) is 1.53. The van der Waals surface area contributed by atoms with Gasteiger partial charge < -0.3 is 5.11 Å². The van der Waals surface area contributed by atoms with Gasteiger partial charge >= 0.3 is 0 Å². The van der Waals surface area contributed by atoms with E-state index in [4.69, 9.17) is 11.6 Å². The lowest BCUT2D eigenvalue weighted by Crippen LogP contribution is -1.90. The molecule has 0 aromatic carbocycles. The quantitative estimate of drug-likeness (QED) is 0.757. The van der Waals surface area contributed by atoms with E-state index in [1.807, 2.05) is 0 Å². The number of aromatic nitrogens is 3. The van der Waals surface area contributed by atoms with Gasteiger partial charge in [-0.05, 0) is 22.6 Å². The second kappa shape index (κ2) is 2.98. The van der Waals surface area contributed by atoms with Gasteiger partial charge in [0.05, 0.1) is 8.59 Å². The molecular formula is C7H5ClIN3O. The number of halogens is 2. The van der Waals surface area contributed by atoms with Crippen LogP contribution in [0.15, 0.2) is 6.20 Å². The number of nitrogens with zero attached hydrogens (tertiary/aromatic N) is 3. The van der Waals surface area contributed by atoms with Crippen molar-refractivity contribution in [2.24, 2.45) is 7.05 Å². The van der Waals surface area contributed by atoms with Crippen molar-refractivity contribution in [3.63, 3.8) is 0 Å². The lowest BCUT2D eigenvalue weighted by Gasteiger charge is -1.98. The Kier molecular flexibility index (Phi) is 2.07. The highest BCUT2D eigenvalue weighted by atomic mass is 127. The summed E-state index contributed by atoms with van der Waals surface area (Å²) in [6.45, 7) is 0. The van der Waals surface area contributed by atoms with Gasteiger partial charge in [0.2, 0.25) is 0 Å². The van der Waals surface area contributed by atoms with Crippen molar-refractivity contribution in [1.29, 1.82) is 0 Å². The molecule has 6 heteroatoms. The van der Waals surface area contributed by atoms with Gasteiger partial charge in [-0.1, -0.05) is 11.6 Å². The molecule has 0 aliphatic heterocycles. The van der Waals surface area contributed by atoms with Gasteiger partial charge in [0.15, 0.2) is 5.65 Å². The van der Waals surface area contributed by atoms with E-state index in [2.05, 4.69) is 32.6 Å². The van der Waals surface area contributed by atoms with Crippen LogP contribution in [0, 0.1) is 3.57 Å². The number of hydrogen-bond donors (Lipinski definition) is 1. The predicted molar refractivity (Wildman–Crippen MR) is 57.9 cm³/mol. The summed E-state index contributed by atoms with van der Waals surface area (Å²) >= 11 is 7.97. The minimum atomic E-state index is -0.0531. The SMILES string of the molecule is Cn1c(O)nc2ncc(Cl)c(I)c21. The van der Waals surface area contributed by atoms with Gasteiger partial charge in [-0.3, -0.25) is 4.57 Å². The van der Waals surface area contributed by atoms with Crippen molar-refractivity contribution < 1.29 is 5.11 Å². The van der Waals surface area contributed by atoms with E-state index < -0.39 is 0 Å². The van der Waals surface area contributed by atoms with Crippen LogP contribution in [0.3, 0.4) is 0 Å². The van der Waals surface area contributed by atoms with Crippen LogP contribution in [0.1, 0.15) is 0 Å². The lowest BCUT2D eigenvalue weighted by molar-refractivity contribution is 0.415. The summed E-state index contributed by atoms with van der Waals surface area (Å²) in [6, 6.07) is -0.0531. The fourth-order valence-corrected chi connectivity index (χ4v) is 1.98. The van der Waals surface area contributed by atoms with Crippen molar-refractivity contribution >= 4 is 45.4 Å². The third kappa shape index (κ3) is 1.26. The van der Waals surface area contributed by atoms with Crippen molar-refractivity contribution in [3.05, 3.63) is 14.8 Å². The van der Waals surface area contributed by atoms with Gasteiger partial charge in [0, 0.05) is 13.2 Å². The van der Waals surface area contributed by atoms with Crippen molar-refractivity contribution in [2.45, 2.75) is 0 Å². The number of hydrogen-bond acceptors (Lipinski definition) is 3. The molecule has 0 radical (unpaired) electrons. The molecule has 0 aliphatic carbocycles.